The molecule has 0 aromatic carbocycles. The predicted molar refractivity (Wildman–Crippen MR) is 113 cm³/mol. The number of aliphatic imine (C=N–C) groups is 1. The van der Waals surface area contributed by atoms with E-state index in [1.54, 1.807) is 0 Å². The van der Waals surface area contributed by atoms with Crippen LogP contribution in [0.15, 0.2) is 4.99 Å². The summed E-state index contributed by atoms with van der Waals surface area (Å²) in [6, 6.07) is 0.399. The first-order valence-corrected chi connectivity index (χ1v) is 10.9. The zero-order chi connectivity index (χ0) is 19.8. The Labute approximate surface area is 166 Å². The van der Waals surface area contributed by atoms with Gasteiger partial charge in [0.25, 0.3) is 0 Å². The molecule has 6 nitrogen and oxygen atoms in total. The molecule has 2 N–H and O–H groups in total. The Hall–Kier alpha value is -1.30. The summed E-state index contributed by atoms with van der Waals surface area (Å²) in [5.74, 6) is 2.71. The molecule has 0 aromatic rings. The van der Waals surface area contributed by atoms with Crippen molar-refractivity contribution in [1.29, 1.82) is 0 Å². The maximum absolute atomic E-state index is 12.1. The topological polar surface area (TPSA) is 60.0 Å². The van der Waals surface area contributed by atoms with Gasteiger partial charge in [0.1, 0.15) is 0 Å². The molecule has 27 heavy (non-hydrogen) atoms. The Bertz CT molecular complexity index is 483. The zero-order valence-electron chi connectivity index (χ0n) is 18.1. The van der Waals surface area contributed by atoms with Gasteiger partial charge in [0.05, 0.1) is 0 Å². The molecule has 2 aliphatic heterocycles. The van der Waals surface area contributed by atoms with E-state index in [0.29, 0.717) is 12.0 Å². The quantitative estimate of drug-likeness (QED) is 0.548. The Balaban J connectivity index is 1.71. The molecule has 2 fully saturated rings. The minimum Gasteiger partial charge on any atom is -0.356 e. The lowest BCUT2D eigenvalue weighted by atomic mass is 9.97. The molecule has 2 aliphatic rings. The van der Waals surface area contributed by atoms with Crippen LogP contribution in [-0.2, 0) is 4.79 Å². The van der Waals surface area contributed by atoms with E-state index in [4.69, 9.17) is 0 Å². The fourth-order valence-corrected chi connectivity index (χ4v) is 4.24. The summed E-state index contributed by atoms with van der Waals surface area (Å²) in [6.07, 6.45) is 4.58. The highest BCUT2D eigenvalue weighted by atomic mass is 16.2. The van der Waals surface area contributed by atoms with Crippen LogP contribution in [0.4, 0.5) is 0 Å². The number of nitrogens with one attached hydrogen (secondary N) is 2. The Morgan fingerprint density at radius 1 is 1.11 bits per heavy atom. The molecule has 2 heterocycles. The molecule has 0 radical (unpaired) electrons. The number of rotatable bonds is 6. The minimum atomic E-state index is 0.0923. The van der Waals surface area contributed by atoms with Gasteiger partial charge in [-0.1, -0.05) is 27.7 Å². The number of carbonyl (C=O) groups is 1. The fourth-order valence-electron chi connectivity index (χ4n) is 4.24. The highest BCUT2D eigenvalue weighted by Gasteiger charge is 2.25. The number of amides is 1. The lowest BCUT2D eigenvalue weighted by Crippen LogP contribution is -2.51. The van der Waals surface area contributed by atoms with Crippen molar-refractivity contribution >= 4 is 11.9 Å². The van der Waals surface area contributed by atoms with Crippen molar-refractivity contribution in [3.05, 3.63) is 0 Å². The SMILES string of the molecule is CN=C(NCC1CCCN(CC(C)C)C1)NC1CCN(C(=O)C(C)C)CC1. The van der Waals surface area contributed by atoms with Crippen molar-refractivity contribution < 1.29 is 4.79 Å². The van der Waals surface area contributed by atoms with Gasteiger partial charge in [0.15, 0.2) is 5.96 Å². The molecular formula is C21H41N5O. The Morgan fingerprint density at radius 2 is 1.81 bits per heavy atom. The maximum Gasteiger partial charge on any atom is 0.225 e. The summed E-state index contributed by atoms with van der Waals surface area (Å²) < 4.78 is 0. The first kappa shape index (κ1) is 22.0. The summed E-state index contributed by atoms with van der Waals surface area (Å²) in [4.78, 5) is 21.1. The van der Waals surface area contributed by atoms with E-state index in [1.165, 1.54) is 32.5 Å². The Kier molecular flexibility index (Phi) is 8.87. The van der Waals surface area contributed by atoms with E-state index in [0.717, 1.165) is 44.4 Å². The van der Waals surface area contributed by atoms with Crippen LogP contribution in [0, 0.1) is 17.8 Å². The molecule has 1 unspecified atom stereocenters. The van der Waals surface area contributed by atoms with Crippen molar-refractivity contribution in [3.63, 3.8) is 0 Å². The molecule has 0 saturated carbocycles. The van der Waals surface area contributed by atoms with Crippen LogP contribution >= 0.6 is 0 Å². The molecular weight excluding hydrogens is 338 g/mol. The van der Waals surface area contributed by atoms with E-state index >= 15 is 0 Å². The van der Waals surface area contributed by atoms with Crippen LogP contribution in [0.1, 0.15) is 53.4 Å². The molecule has 2 saturated heterocycles. The number of likely N-dealkylation sites (tertiary alicyclic amines) is 2. The van der Waals surface area contributed by atoms with Gasteiger partial charge in [-0.2, -0.15) is 0 Å². The fraction of sp³-hybridized carbons (Fsp3) is 0.905. The lowest BCUT2D eigenvalue weighted by molar-refractivity contribution is -0.135. The minimum absolute atomic E-state index is 0.0923. The first-order chi connectivity index (χ1) is 12.9. The molecule has 1 atom stereocenters. The van der Waals surface area contributed by atoms with Gasteiger partial charge in [0, 0.05) is 51.7 Å². The molecule has 0 aromatic heterocycles. The number of carbonyl (C=O) groups excluding carboxylic acids is 1. The van der Waals surface area contributed by atoms with Crippen LogP contribution in [0.25, 0.3) is 0 Å². The van der Waals surface area contributed by atoms with Gasteiger partial charge in [-0.05, 0) is 44.1 Å². The van der Waals surface area contributed by atoms with Gasteiger partial charge in [-0.3, -0.25) is 9.79 Å². The number of hydrogen-bond donors (Lipinski definition) is 2. The number of nitrogens with zero attached hydrogens (tertiary/aromatic N) is 3. The maximum atomic E-state index is 12.1. The molecule has 0 aliphatic carbocycles. The first-order valence-electron chi connectivity index (χ1n) is 10.9. The normalized spacial score (nSPS) is 23.1. The monoisotopic (exact) mass is 379 g/mol. The molecule has 156 valence electrons. The van der Waals surface area contributed by atoms with Crippen LogP contribution in [0.5, 0.6) is 0 Å². The van der Waals surface area contributed by atoms with Crippen LogP contribution in [0.2, 0.25) is 0 Å². The van der Waals surface area contributed by atoms with Crippen molar-refractivity contribution in [2.75, 3.05) is 46.3 Å². The van der Waals surface area contributed by atoms with E-state index < -0.39 is 0 Å². The van der Waals surface area contributed by atoms with Crippen molar-refractivity contribution in [3.8, 4) is 0 Å². The summed E-state index contributed by atoms with van der Waals surface area (Å²) in [5, 5.41) is 7.11. The zero-order valence-corrected chi connectivity index (χ0v) is 18.1. The van der Waals surface area contributed by atoms with Crippen molar-refractivity contribution in [2.24, 2.45) is 22.7 Å². The number of hydrogen-bond acceptors (Lipinski definition) is 3. The predicted octanol–water partition coefficient (Wildman–Crippen LogP) is 2.17. The van der Waals surface area contributed by atoms with E-state index in [1.807, 2.05) is 25.8 Å². The van der Waals surface area contributed by atoms with Crippen LogP contribution in [0.3, 0.4) is 0 Å². The summed E-state index contributed by atoms with van der Waals surface area (Å²) in [7, 11) is 1.85. The summed E-state index contributed by atoms with van der Waals surface area (Å²) >= 11 is 0. The third-order valence-corrected chi connectivity index (χ3v) is 5.65. The molecule has 6 heteroatoms. The molecule has 1 amide bonds. The Morgan fingerprint density at radius 3 is 2.41 bits per heavy atom. The summed E-state index contributed by atoms with van der Waals surface area (Å²) in [5.41, 5.74) is 0. The van der Waals surface area contributed by atoms with E-state index in [-0.39, 0.29) is 11.8 Å². The number of guanidine groups is 1. The second kappa shape index (κ2) is 10.9. The lowest BCUT2D eigenvalue weighted by Gasteiger charge is -2.35. The van der Waals surface area contributed by atoms with Gasteiger partial charge in [-0.25, -0.2) is 0 Å². The average Bonchev–Trinajstić information content (AvgIpc) is 2.64. The molecule has 0 spiro atoms. The van der Waals surface area contributed by atoms with Gasteiger partial charge >= 0.3 is 0 Å². The second-order valence-electron chi connectivity index (χ2n) is 9.01. The smallest absolute Gasteiger partial charge is 0.225 e. The standard InChI is InChI=1S/C21H41N5O/c1-16(2)14-25-10-6-7-18(15-25)13-23-21(22-5)24-19-8-11-26(12-9-19)20(27)17(3)4/h16-19H,6-15H2,1-5H3,(H2,22,23,24). The van der Waals surface area contributed by atoms with Gasteiger partial charge in [-0.15, -0.1) is 0 Å². The average molecular weight is 380 g/mol. The third kappa shape index (κ3) is 7.32. The van der Waals surface area contributed by atoms with E-state index in [9.17, 15) is 4.79 Å². The van der Waals surface area contributed by atoms with E-state index in [2.05, 4.69) is 34.4 Å². The third-order valence-electron chi connectivity index (χ3n) is 5.65. The van der Waals surface area contributed by atoms with Gasteiger partial charge in [0.2, 0.25) is 5.91 Å². The van der Waals surface area contributed by atoms with Crippen LogP contribution in [-0.4, -0.2) is 74.0 Å². The highest BCUT2D eigenvalue weighted by Crippen LogP contribution is 2.17. The van der Waals surface area contributed by atoms with Crippen LogP contribution < -0.4 is 10.6 Å². The van der Waals surface area contributed by atoms with Gasteiger partial charge < -0.3 is 20.4 Å². The largest absolute Gasteiger partial charge is 0.356 e. The molecule has 2 rings (SSSR count). The summed E-state index contributed by atoms with van der Waals surface area (Å²) in [6.45, 7) is 14.9. The molecule has 0 bridgehead atoms. The van der Waals surface area contributed by atoms with Crippen molar-refractivity contribution in [1.82, 2.24) is 20.4 Å². The second-order valence-corrected chi connectivity index (χ2v) is 9.01. The number of piperidine rings is 2. The van der Waals surface area contributed by atoms with Crippen molar-refractivity contribution in [2.45, 2.75) is 59.4 Å². The highest BCUT2D eigenvalue weighted by molar-refractivity contribution is 5.80.